The van der Waals surface area contributed by atoms with Crippen LogP contribution in [0.15, 0.2) is 12.1 Å². The molecule has 0 saturated heterocycles. The standard InChI is InChI=1S/C12H2F2N4/c13-10-1-7(8(3-15)4-16)2-11(14)12(10)9(5-17)6-18/h1-2H/i1D,2D. The molecule has 0 aromatic heterocycles. The van der Waals surface area contributed by atoms with E-state index in [1.165, 1.54) is 24.3 Å². The monoisotopic (exact) mass is 242 g/mol. The number of nitriles is 4. The maximum Gasteiger partial charge on any atom is 0.142 e. The summed E-state index contributed by atoms with van der Waals surface area (Å²) in [5.74, 6) is -3.15. The van der Waals surface area contributed by atoms with Crippen molar-refractivity contribution in [2.24, 2.45) is 0 Å². The van der Waals surface area contributed by atoms with Gasteiger partial charge in [0.25, 0.3) is 0 Å². The molecule has 1 rings (SSSR count). The van der Waals surface area contributed by atoms with Crippen molar-refractivity contribution in [2.45, 2.75) is 0 Å². The van der Waals surface area contributed by atoms with Crippen molar-refractivity contribution in [1.82, 2.24) is 0 Å². The number of benzene rings is 1. The van der Waals surface area contributed by atoms with Gasteiger partial charge in [-0.2, -0.15) is 21.0 Å². The van der Waals surface area contributed by atoms with Gasteiger partial charge in [-0.25, -0.2) is 8.78 Å². The first-order valence-electron chi connectivity index (χ1n) is 5.27. The Morgan fingerprint density at radius 3 is 1.61 bits per heavy atom. The highest BCUT2D eigenvalue weighted by Crippen LogP contribution is 1.97. The molecule has 6 heteroatoms. The molecule has 0 amide bonds. The zero-order valence-corrected chi connectivity index (χ0v) is 8.54. The topological polar surface area (TPSA) is 95.2 Å². The summed E-state index contributed by atoms with van der Waals surface area (Å²) in [7, 11) is 0. The number of hydrogen-bond donors (Lipinski definition) is 0. The van der Waals surface area contributed by atoms with Gasteiger partial charge in [0.15, 0.2) is 0 Å². The highest BCUT2D eigenvalue weighted by molar-refractivity contribution is 5.74. The van der Waals surface area contributed by atoms with Crippen LogP contribution in [0, 0.1) is 57.0 Å². The zero-order valence-electron chi connectivity index (χ0n) is 10.5. The number of halogens is 2. The van der Waals surface area contributed by atoms with Crippen molar-refractivity contribution < 1.29 is 11.5 Å². The van der Waals surface area contributed by atoms with Gasteiger partial charge < -0.3 is 0 Å². The Morgan fingerprint density at radius 1 is 0.889 bits per heavy atom. The van der Waals surface area contributed by atoms with Crippen LogP contribution in [0.1, 0.15) is 2.74 Å². The van der Waals surface area contributed by atoms with Gasteiger partial charge in [0.2, 0.25) is 0 Å². The molecule has 0 spiro atoms. The molecule has 0 aliphatic carbocycles. The molecular weight excluding hydrogens is 238 g/mol. The minimum atomic E-state index is -1.57. The summed E-state index contributed by atoms with van der Waals surface area (Å²) < 4.78 is 42.7. The fraction of sp³-hybridized carbons (Fsp3) is 0. The molecule has 0 atom stereocenters. The molecule has 0 radical (unpaired) electrons. The van der Waals surface area contributed by atoms with Crippen molar-refractivity contribution in [3.63, 3.8) is 0 Å². The predicted molar refractivity (Wildman–Crippen MR) is 54.9 cm³/mol. The summed E-state index contributed by atoms with van der Waals surface area (Å²) in [6, 6.07) is 2.98. The summed E-state index contributed by atoms with van der Waals surface area (Å²) in [5.41, 5.74) is -1.75. The molecule has 0 aliphatic rings. The molecule has 0 fully saturated rings. The summed E-state index contributed by atoms with van der Waals surface area (Å²) in [5, 5.41) is 32.6. The second-order valence-corrected chi connectivity index (χ2v) is 2.83. The molecule has 0 heterocycles. The number of hydrogen-bond acceptors (Lipinski definition) is 4. The van der Waals surface area contributed by atoms with Gasteiger partial charge in [-0.05, 0) is 12.1 Å². The fourth-order valence-electron chi connectivity index (χ4n) is 1.09. The minimum absolute atomic E-state index is 0.806. The van der Waals surface area contributed by atoms with E-state index in [-0.39, 0.29) is 0 Å². The third-order valence-corrected chi connectivity index (χ3v) is 1.86. The SMILES string of the molecule is [2H]c1c(F)c(=C(C#N)C#N)c(F)c([2H])c1=C(C#N)C#N. The average Bonchev–Trinajstić information content (AvgIpc) is 2.46. The lowest BCUT2D eigenvalue weighted by Gasteiger charge is -1.95. The van der Waals surface area contributed by atoms with Crippen molar-refractivity contribution >= 4 is 11.1 Å². The van der Waals surface area contributed by atoms with Gasteiger partial charge in [0.05, 0.1) is 7.96 Å². The van der Waals surface area contributed by atoms with Gasteiger partial charge in [-0.3, -0.25) is 0 Å². The van der Waals surface area contributed by atoms with E-state index in [0.717, 1.165) is 0 Å². The molecule has 0 N–H and O–H groups in total. The Kier molecular flexibility index (Phi) is 2.89. The Hall–Kier alpha value is -3.22. The fourth-order valence-corrected chi connectivity index (χ4v) is 1.09. The van der Waals surface area contributed by atoms with Crippen LogP contribution in [0.2, 0.25) is 0 Å². The second-order valence-electron chi connectivity index (χ2n) is 2.83. The minimum Gasteiger partial charge on any atom is -0.206 e. The molecule has 0 unspecified atom stereocenters. The normalized spacial score (nSPS) is 9.89. The van der Waals surface area contributed by atoms with Crippen LogP contribution in [0.3, 0.4) is 0 Å². The first kappa shape index (κ1) is 9.97. The molecule has 1 aromatic rings. The third-order valence-electron chi connectivity index (χ3n) is 1.86. The van der Waals surface area contributed by atoms with Crippen LogP contribution >= 0.6 is 0 Å². The second kappa shape index (κ2) is 5.21. The maximum atomic E-state index is 13.9. The Morgan fingerprint density at radius 2 is 1.28 bits per heavy atom. The number of nitrogens with zero attached hydrogens (tertiary/aromatic N) is 4. The Balaban J connectivity index is 4.35. The number of rotatable bonds is 0. The summed E-state index contributed by atoms with van der Waals surface area (Å²) in [6.45, 7) is 0. The van der Waals surface area contributed by atoms with Crippen LogP contribution in [-0.4, -0.2) is 0 Å². The van der Waals surface area contributed by atoms with Crippen LogP contribution in [0.25, 0.3) is 11.1 Å². The average molecular weight is 242 g/mol. The largest absolute Gasteiger partial charge is 0.206 e. The summed E-state index contributed by atoms with van der Waals surface area (Å²) >= 11 is 0. The predicted octanol–water partition coefficient (Wildman–Crippen LogP) is 0.361. The molecule has 18 heavy (non-hydrogen) atoms. The van der Waals surface area contributed by atoms with Crippen molar-refractivity contribution in [3.8, 4) is 24.3 Å². The first-order valence-corrected chi connectivity index (χ1v) is 4.27. The van der Waals surface area contributed by atoms with Crippen molar-refractivity contribution in [1.29, 1.82) is 21.0 Å². The lowest BCUT2D eigenvalue weighted by atomic mass is 10.1. The van der Waals surface area contributed by atoms with E-state index in [2.05, 4.69) is 0 Å². The van der Waals surface area contributed by atoms with E-state index < -0.39 is 45.3 Å². The van der Waals surface area contributed by atoms with Gasteiger partial charge in [0, 0.05) is 5.22 Å². The maximum absolute atomic E-state index is 13.9. The van der Waals surface area contributed by atoms with E-state index in [0.29, 0.717) is 0 Å². The first-order chi connectivity index (χ1) is 9.44. The zero-order chi connectivity index (χ0) is 15.4. The van der Waals surface area contributed by atoms with Crippen LogP contribution < -0.4 is 10.4 Å². The van der Waals surface area contributed by atoms with Crippen LogP contribution in [0.5, 0.6) is 0 Å². The van der Waals surface area contributed by atoms with Crippen molar-refractivity contribution in [2.75, 3.05) is 0 Å². The third kappa shape index (κ3) is 2.14. The molecule has 0 bridgehead atoms. The van der Waals surface area contributed by atoms with E-state index in [1.54, 1.807) is 0 Å². The van der Waals surface area contributed by atoms with Gasteiger partial charge in [0.1, 0.15) is 47.1 Å². The smallest absolute Gasteiger partial charge is 0.142 e. The summed E-state index contributed by atoms with van der Waals surface area (Å²) in [4.78, 5) is 0. The van der Waals surface area contributed by atoms with Crippen LogP contribution in [0.4, 0.5) is 8.78 Å². The van der Waals surface area contributed by atoms with E-state index >= 15 is 0 Å². The lowest BCUT2D eigenvalue weighted by molar-refractivity contribution is 0.566. The molecule has 0 aliphatic heterocycles. The van der Waals surface area contributed by atoms with Gasteiger partial charge in [-0.15, -0.1) is 0 Å². The molecular formula is C12H2F2N4. The summed E-state index contributed by atoms with van der Waals surface area (Å²) in [6.07, 6.45) is 0. The van der Waals surface area contributed by atoms with E-state index in [9.17, 15) is 8.78 Å². The van der Waals surface area contributed by atoms with E-state index in [4.69, 9.17) is 23.8 Å². The molecule has 4 nitrogen and oxygen atoms in total. The Labute approximate surface area is 103 Å². The lowest BCUT2D eigenvalue weighted by Crippen LogP contribution is -2.22. The quantitative estimate of drug-likeness (QED) is 0.656. The molecule has 0 saturated carbocycles. The van der Waals surface area contributed by atoms with Crippen molar-refractivity contribution in [3.05, 3.63) is 34.2 Å². The highest BCUT2D eigenvalue weighted by Gasteiger charge is 2.09. The van der Waals surface area contributed by atoms with Gasteiger partial charge in [-0.1, -0.05) is 0 Å². The molecule has 1 aromatic carbocycles. The van der Waals surface area contributed by atoms with Gasteiger partial charge >= 0.3 is 0 Å². The highest BCUT2D eigenvalue weighted by atomic mass is 19.1. The Bertz CT molecular complexity index is 750. The van der Waals surface area contributed by atoms with Crippen LogP contribution in [-0.2, 0) is 0 Å². The molecule has 84 valence electrons. The van der Waals surface area contributed by atoms with E-state index in [1.807, 2.05) is 0 Å².